The third kappa shape index (κ3) is 7.42. The Bertz CT molecular complexity index is 2470. The van der Waals surface area contributed by atoms with E-state index in [1.54, 1.807) is 0 Å². The van der Waals surface area contributed by atoms with Crippen molar-refractivity contribution in [3.05, 3.63) is 249 Å². The summed E-state index contributed by atoms with van der Waals surface area (Å²) in [7, 11) is 3.88. The molecule has 0 fully saturated rings. The first-order chi connectivity index (χ1) is 28.2. The van der Waals surface area contributed by atoms with Gasteiger partial charge < -0.3 is 9.80 Å². The number of hydrogen-bond donors (Lipinski definition) is 0. The zero-order valence-electron chi connectivity index (χ0n) is 33.1. The van der Waals surface area contributed by atoms with Gasteiger partial charge in [0.05, 0.1) is 0 Å². The first-order valence-electron chi connectivity index (χ1n) is 19.5. The molecule has 0 saturated heterocycles. The van der Waals surface area contributed by atoms with Gasteiger partial charge >= 0.3 is 0 Å². The largest absolute Gasteiger partial charge is 0.356 e. The predicted molar refractivity (Wildman–Crippen MR) is 233 cm³/mol. The summed E-state index contributed by atoms with van der Waals surface area (Å²) in [6.07, 6.45) is 8.01. The summed E-state index contributed by atoms with van der Waals surface area (Å²) in [5.74, 6) is -0.716. The van der Waals surface area contributed by atoms with E-state index in [1.165, 1.54) is 0 Å². The van der Waals surface area contributed by atoms with Crippen LogP contribution in [-0.4, -0.2) is 41.2 Å². The van der Waals surface area contributed by atoms with E-state index < -0.39 is 0 Å². The summed E-state index contributed by atoms with van der Waals surface area (Å²) in [4.78, 5) is 46.1. The Kier molecular flexibility index (Phi) is 10.5. The second kappa shape index (κ2) is 16.2. The third-order valence-electron chi connectivity index (χ3n) is 11.2. The Hall–Kier alpha value is -7.11. The van der Waals surface area contributed by atoms with Crippen molar-refractivity contribution in [2.75, 3.05) is 14.1 Å². The highest BCUT2D eigenvalue weighted by atomic mass is 16.1. The van der Waals surface area contributed by atoms with E-state index in [4.69, 9.17) is 0 Å². The van der Waals surface area contributed by atoms with Gasteiger partial charge in [0.2, 0.25) is 0 Å². The van der Waals surface area contributed by atoms with Crippen molar-refractivity contribution >= 4 is 28.5 Å². The molecule has 0 bridgehead atoms. The summed E-state index contributed by atoms with van der Waals surface area (Å²) in [6, 6.07) is 50.6. The third-order valence-corrected chi connectivity index (χ3v) is 11.2. The average molecular weight is 757 g/mol. The van der Waals surface area contributed by atoms with Crippen LogP contribution >= 0.6 is 0 Å². The number of carbonyl (C=O) groups excluding carboxylic acids is 3. The van der Waals surface area contributed by atoms with Crippen molar-refractivity contribution in [2.45, 2.75) is 25.7 Å². The minimum Gasteiger partial charge on any atom is -0.356 e. The van der Waals surface area contributed by atoms with Gasteiger partial charge in [0, 0.05) is 84.1 Å². The van der Waals surface area contributed by atoms with E-state index in [9.17, 15) is 14.4 Å². The number of aryl methyl sites for hydroxylation is 2. The van der Waals surface area contributed by atoms with Gasteiger partial charge in [-0.2, -0.15) is 0 Å². The van der Waals surface area contributed by atoms with Crippen LogP contribution in [-0.2, 0) is 0 Å². The zero-order valence-corrected chi connectivity index (χ0v) is 33.1. The van der Waals surface area contributed by atoms with Crippen molar-refractivity contribution in [2.24, 2.45) is 0 Å². The Labute approximate surface area is 340 Å². The first kappa shape index (κ1) is 37.8. The van der Waals surface area contributed by atoms with Crippen molar-refractivity contribution in [1.82, 2.24) is 9.80 Å². The molecule has 284 valence electrons. The molecule has 0 N–H and O–H groups in total. The first-order valence-corrected chi connectivity index (χ1v) is 19.5. The molecule has 6 aromatic carbocycles. The van der Waals surface area contributed by atoms with Crippen LogP contribution < -0.4 is 0 Å². The quantitative estimate of drug-likeness (QED) is 0.130. The minimum absolute atomic E-state index is 0.0163. The summed E-state index contributed by atoms with van der Waals surface area (Å²) in [6.45, 7) is 4.16. The van der Waals surface area contributed by atoms with Crippen LogP contribution in [0.3, 0.4) is 0 Å². The highest BCUT2D eigenvalue weighted by molar-refractivity contribution is 6.13. The number of nitrogens with zero attached hydrogens (tertiary/aromatic N) is 2. The Morgan fingerprint density at radius 2 is 0.707 bits per heavy atom. The Morgan fingerprint density at radius 1 is 0.379 bits per heavy atom. The number of ketones is 3. The molecule has 6 aromatic rings. The molecule has 58 heavy (non-hydrogen) atoms. The number of carbonyl (C=O) groups is 3. The van der Waals surface area contributed by atoms with Crippen LogP contribution in [0.25, 0.3) is 11.1 Å². The van der Waals surface area contributed by atoms with Gasteiger partial charge in [-0.1, -0.05) is 158 Å². The van der Waals surface area contributed by atoms with Gasteiger partial charge in [0.1, 0.15) is 0 Å². The summed E-state index contributed by atoms with van der Waals surface area (Å²) < 4.78 is 0. The minimum atomic E-state index is -0.297. The highest BCUT2D eigenvalue weighted by Crippen LogP contribution is 2.45. The summed E-state index contributed by atoms with van der Waals surface area (Å²) in [5.41, 5.74) is 12.0. The van der Waals surface area contributed by atoms with Gasteiger partial charge in [0.15, 0.2) is 17.3 Å². The van der Waals surface area contributed by atoms with E-state index in [-0.39, 0.29) is 29.2 Å². The topological polar surface area (TPSA) is 57.7 Å². The Morgan fingerprint density at radius 3 is 1.07 bits per heavy atom. The molecule has 2 unspecified atom stereocenters. The van der Waals surface area contributed by atoms with Crippen molar-refractivity contribution in [1.29, 1.82) is 0 Å². The molecule has 2 heterocycles. The van der Waals surface area contributed by atoms with Crippen LogP contribution in [0.15, 0.2) is 194 Å². The standard InChI is InChI=1S/C53H44N2O3/c1-35-15-11-13-21-43(35)49-45(31-54(3)33-47(49)52(57)39-17-7-5-8-18-39)37-23-27-41(28-24-37)51(56)42-29-25-38(26-30-42)46-32-55(4)34-48(53(58)40-19-9-6-10-20-40)50(46)44-22-14-12-16-36(44)2/h5-34,49-50H,1-4H3. The highest BCUT2D eigenvalue weighted by Gasteiger charge is 2.34. The van der Waals surface area contributed by atoms with E-state index in [0.717, 1.165) is 44.5 Å². The molecule has 5 nitrogen and oxygen atoms in total. The molecule has 2 aliphatic heterocycles. The van der Waals surface area contributed by atoms with Crippen LogP contribution in [0.1, 0.15) is 81.9 Å². The maximum atomic E-state index is 14.1. The molecular weight excluding hydrogens is 713 g/mol. The van der Waals surface area contributed by atoms with Crippen molar-refractivity contribution in [3.8, 4) is 0 Å². The molecule has 0 amide bonds. The maximum absolute atomic E-state index is 14.1. The zero-order chi connectivity index (χ0) is 40.3. The predicted octanol–water partition coefficient (Wildman–Crippen LogP) is 11.2. The monoisotopic (exact) mass is 756 g/mol. The lowest BCUT2D eigenvalue weighted by molar-refractivity contribution is 0.102. The van der Waals surface area contributed by atoms with E-state index in [2.05, 4.69) is 50.5 Å². The van der Waals surface area contributed by atoms with Crippen LogP contribution in [0, 0.1) is 13.8 Å². The molecule has 2 atom stereocenters. The summed E-state index contributed by atoms with van der Waals surface area (Å²) >= 11 is 0. The number of allylic oxidation sites excluding steroid dienone is 4. The number of rotatable bonds is 10. The number of hydrogen-bond acceptors (Lipinski definition) is 5. The lowest BCUT2D eigenvalue weighted by atomic mass is 9.76. The fourth-order valence-corrected chi connectivity index (χ4v) is 8.25. The van der Waals surface area contributed by atoms with Crippen LogP contribution in [0.4, 0.5) is 0 Å². The van der Waals surface area contributed by atoms with Crippen molar-refractivity contribution in [3.63, 3.8) is 0 Å². The number of Topliss-reactive ketones (excluding diaryl/α,β-unsaturated/α-hetero) is 2. The van der Waals surface area contributed by atoms with Gasteiger partial charge in [-0.05, 0) is 58.4 Å². The average Bonchev–Trinajstić information content (AvgIpc) is 3.26. The lowest BCUT2D eigenvalue weighted by Gasteiger charge is -2.31. The van der Waals surface area contributed by atoms with E-state index in [0.29, 0.717) is 33.4 Å². The number of benzene rings is 6. The van der Waals surface area contributed by atoms with Crippen LogP contribution in [0.2, 0.25) is 0 Å². The Balaban J connectivity index is 1.09. The maximum Gasteiger partial charge on any atom is 0.193 e. The van der Waals surface area contributed by atoms with Gasteiger partial charge in [0.25, 0.3) is 0 Å². The molecule has 8 rings (SSSR count). The molecular formula is C53H44N2O3. The van der Waals surface area contributed by atoms with Crippen molar-refractivity contribution < 1.29 is 14.4 Å². The second-order valence-electron chi connectivity index (χ2n) is 15.1. The van der Waals surface area contributed by atoms with E-state index >= 15 is 0 Å². The smallest absolute Gasteiger partial charge is 0.193 e. The summed E-state index contributed by atoms with van der Waals surface area (Å²) in [5, 5.41) is 0. The molecule has 2 aliphatic rings. The lowest BCUT2D eigenvalue weighted by Crippen LogP contribution is -2.23. The molecule has 5 heteroatoms. The molecule has 0 saturated carbocycles. The fourth-order valence-electron chi connectivity index (χ4n) is 8.25. The fraction of sp³-hybridized carbons (Fsp3) is 0.113. The van der Waals surface area contributed by atoms with Gasteiger partial charge in [-0.25, -0.2) is 0 Å². The molecule has 0 aliphatic carbocycles. The molecule has 0 radical (unpaired) electrons. The molecule has 0 spiro atoms. The molecule has 0 aromatic heterocycles. The second-order valence-corrected chi connectivity index (χ2v) is 15.1. The van der Waals surface area contributed by atoms with E-state index in [1.807, 2.05) is 170 Å². The SMILES string of the molecule is Cc1ccccc1C1C(C(=O)c2ccccc2)=CN(C)C=C1c1ccc(C(=O)c2ccc(C3=CN(C)C=C(C(=O)c4ccccc4)C3c3ccccc3C)cc2)cc1. The van der Waals surface area contributed by atoms with Gasteiger partial charge in [-0.15, -0.1) is 0 Å². The van der Waals surface area contributed by atoms with Gasteiger partial charge in [-0.3, -0.25) is 14.4 Å². The normalized spacial score (nSPS) is 16.5. The van der Waals surface area contributed by atoms with Crippen LogP contribution in [0.5, 0.6) is 0 Å².